The molecular weight excluding hydrogens is 319 g/mol. The predicted octanol–water partition coefficient (Wildman–Crippen LogP) is 0.987. The minimum Gasteiger partial charge on any atom is -0.299 e. The number of anilines is 1. The standard InChI is InChI=1S/C12H10Cl2N4O3/c13-8-2-1-7(5-9(8)14)16-17-11(20)6-18-4-3-10(19)15-12(18)21/h1-5,16H,6H2,(H,17,20)(H,15,19,21). The number of hydrazine groups is 1. The van der Waals surface area contributed by atoms with Gasteiger partial charge in [0.25, 0.3) is 11.5 Å². The van der Waals surface area contributed by atoms with E-state index in [2.05, 4.69) is 15.8 Å². The molecule has 0 spiro atoms. The maximum atomic E-state index is 11.7. The molecule has 2 rings (SSSR count). The number of nitrogens with zero attached hydrogens (tertiary/aromatic N) is 1. The molecule has 110 valence electrons. The summed E-state index contributed by atoms with van der Waals surface area (Å²) in [5.41, 5.74) is 4.38. The molecule has 7 nitrogen and oxygen atoms in total. The van der Waals surface area contributed by atoms with Crippen molar-refractivity contribution in [3.05, 3.63) is 61.3 Å². The normalized spacial score (nSPS) is 10.2. The van der Waals surface area contributed by atoms with Gasteiger partial charge in [0.05, 0.1) is 15.7 Å². The van der Waals surface area contributed by atoms with Crippen LogP contribution in [0.15, 0.2) is 40.1 Å². The number of hydrogen-bond acceptors (Lipinski definition) is 4. The Kier molecular flexibility index (Phi) is 4.66. The minimum absolute atomic E-state index is 0.246. The van der Waals surface area contributed by atoms with E-state index in [9.17, 15) is 14.4 Å². The summed E-state index contributed by atoms with van der Waals surface area (Å²) in [5.74, 6) is -0.477. The van der Waals surface area contributed by atoms with E-state index in [-0.39, 0.29) is 6.54 Å². The summed E-state index contributed by atoms with van der Waals surface area (Å²) >= 11 is 11.6. The summed E-state index contributed by atoms with van der Waals surface area (Å²) in [6.07, 6.45) is 1.24. The quantitative estimate of drug-likeness (QED) is 0.729. The average Bonchev–Trinajstić information content (AvgIpc) is 2.43. The van der Waals surface area contributed by atoms with Crippen LogP contribution in [0.2, 0.25) is 10.0 Å². The lowest BCUT2D eigenvalue weighted by Crippen LogP contribution is -2.37. The highest BCUT2D eigenvalue weighted by Gasteiger charge is 2.05. The topological polar surface area (TPSA) is 96.0 Å². The van der Waals surface area contributed by atoms with E-state index in [0.29, 0.717) is 15.7 Å². The molecule has 0 fully saturated rings. The maximum Gasteiger partial charge on any atom is 0.328 e. The first kappa shape index (κ1) is 15.1. The number of nitrogens with one attached hydrogen (secondary N) is 3. The minimum atomic E-state index is -0.660. The van der Waals surface area contributed by atoms with Gasteiger partial charge in [0.2, 0.25) is 0 Å². The van der Waals surface area contributed by atoms with Crippen LogP contribution in [0.1, 0.15) is 0 Å². The van der Waals surface area contributed by atoms with Crippen LogP contribution in [-0.2, 0) is 11.3 Å². The molecule has 0 aliphatic carbocycles. The van der Waals surface area contributed by atoms with Gasteiger partial charge in [-0.25, -0.2) is 4.79 Å². The number of benzene rings is 1. The van der Waals surface area contributed by atoms with Crippen LogP contribution >= 0.6 is 23.2 Å². The molecule has 1 amide bonds. The SMILES string of the molecule is O=C(Cn1ccc(=O)[nH]c1=O)NNc1ccc(Cl)c(Cl)c1. The van der Waals surface area contributed by atoms with Crippen LogP contribution in [0.5, 0.6) is 0 Å². The molecule has 0 bridgehead atoms. The van der Waals surface area contributed by atoms with Crippen molar-refractivity contribution < 1.29 is 4.79 Å². The van der Waals surface area contributed by atoms with E-state index in [1.807, 2.05) is 0 Å². The second-order valence-corrected chi connectivity index (χ2v) is 4.85. The largest absolute Gasteiger partial charge is 0.328 e. The van der Waals surface area contributed by atoms with E-state index in [4.69, 9.17) is 23.2 Å². The highest BCUT2D eigenvalue weighted by Crippen LogP contribution is 2.24. The number of aromatic amines is 1. The van der Waals surface area contributed by atoms with Crippen LogP contribution in [0.4, 0.5) is 5.69 Å². The Labute approximate surface area is 128 Å². The summed E-state index contributed by atoms with van der Waals surface area (Å²) in [6, 6.07) is 5.89. The third-order valence-electron chi connectivity index (χ3n) is 2.48. The zero-order valence-electron chi connectivity index (χ0n) is 10.5. The zero-order valence-corrected chi connectivity index (χ0v) is 12.0. The molecule has 0 atom stereocenters. The molecule has 1 heterocycles. The van der Waals surface area contributed by atoms with Crippen molar-refractivity contribution in [2.75, 3.05) is 5.43 Å². The Morgan fingerprint density at radius 2 is 1.95 bits per heavy atom. The predicted molar refractivity (Wildman–Crippen MR) is 79.6 cm³/mol. The molecule has 0 unspecified atom stereocenters. The second-order valence-electron chi connectivity index (χ2n) is 4.04. The lowest BCUT2D eigenvalue weighted by molar-refractivity contribution is -0.121. The fraction of sp³-hybridized carbons (Fsp3) is 0.0833. The number of hydrogen-bond donors (Lipinski definition) is 3. The number of rotatable bonds is 4. The molecule has 3 N–H and O–H groups in total. The highest BCUT2D eigenvalue weighted by molar-refractivity contribution is 6.42. The number of aromatic nitrogens is 2. The smallest absolute Gasteiger partial charge is 0.299 e. The summed E-state index contributed by atoms with van der Waals surface area (Å²) in [4.78, 5) is 36.0. The Balaban J connectivity index is 1.97. The van der Waals surface area contributed by atoms with E-state index in [1.54, 1.807) is 12.1 Å². The lowest BCUT2D eigenvalue weighted by atomic mass is 10.3. The van der Waals surface area contributed by atoms with E-state index >= 15 is 0 Å². The van der Waals surface area contributed by atoms with E-state index in [1.165, 1.54) is 12.3 Å². The summed E-state index contributed by atoms with van der Waals surface area (Å²) in [6.45, 7) is -0.246. The Morgan fingerprint density at radius 3 is 2.62 bits per heavy atom. The van der Waals surface area contributed by atoms with Crippen molar-refractivity contribution in [2.45, 2.75) is 6.54 Å². The van der Waals surface area contributed by atoms with Crippen LogP contribution in [0, 0.1) is 0 Å². The second kappa shape index (κ2) is 6.47. The molecule has 0 saturated heterocycles. The zero-order chi connectivity index (χ0) is 15.4. The molecule has 1 aromatic carbocycles. The van der Waals surface area contributed by atoms with Gasteiger partial charge >= 0.3 is 5.69 Å². The third-order valence-corrected chi connectivity index (χ3v) is 3.22. The van der Waals surface area contributed by atoms with E-state index < -0.39 is 17.2 Å². The number of carbonyl (C=O) groups is 1. The fourth-order valence-electron chi connectivity index (χ4n) is 1.48. The molecule has 9 heteroatoms. The van der Waals surface area contributed by atoms with Crippen molar-refractivity contribution in [1.29, 1.82) is 0 Å². The van der Waals surface area contributed by atoms with Gasteiger partial charge in [0, 0.05) is 12.3 Å². The summed E-state index contributed by atoms with van der Waals surface area (Å²) < 4.78 is 1.06. The van der Waals surface area contributed by atoms with Gasteiger partial charge in [-0.2, -0.15) is 0 Å². The first-order valence-electron chi connectivity index (χ1n) is 5.75. The number of halogens is 2. The van der Waals surface area contributed by atoms with Gasteiger partial charge in [-0.05, 0) is 18.2 Å². The van der Waals surface area contributed by atoms with Crippen molar-refractivity contribution in [3.8, 4) is 0 Å². The molecule has 1 aromatic heterocycles. The molecule has 0 aliphatic heterocycles. The molecule has 2 aromatic rings. The van der Waals surface area contributed by atoms with Crippen LogP contribution < -0.4 is 22.1 Å². The molecule has 21 heavy (non-hydrogen) atoms. The first-order valence-corrected chi connectivity index (χ1v) is 6.51. The van der Waals surface area contributed by atoms with Gasteiger partial charge < -0.3 is 0 Å². The number of H-pyrrole nitrogens is 1. The van der Waals surface area contributed by atoms with Crippen molar-refractivity contribution >= 4 is 34.8 Å². The Hall–Kier alpha value is -2.25. The summed E-state index contributed by atoms with van der Waals surface area (Å²) in [5, 5.41) is 0.737. The average molecular weight is 329 g/mol. The molecule has 0 aliphatic rings. The van der Waals surface area contributed by atoms with Gasteiger partial charge in [-0.15, -0.1) is 0 Å². The number of carbonyl (C=O) groups excluding carboxylic acids is 1. The van der Waals surface area contributed by atoms with Crippen molar-refractivity contribution in [2.24, 2.45) is 0 Å². The van der Waals surface area contributed by atoms with Gasteiger partial charge in [-0.3, -0.25) is 30.0 Å². The van der Waals surface area contributed by atoms with Crippen LogP contribution in [0.3, 0.4) is 0 Å². The molecular formula is C12H10Cl2N4O3. The maximum absolute atomic E-state index is 11.7. The monoisotopic (exact) mass is 328 g/mol. The molecule has 0 saturated carbocycles. The fourth-order valence-corrected chi connectivity index (χ4v) is 1.78. The Bertz CT molecular complexity index is 785. The van der Waals surface area contributed by atoms with Crippen molar-refractivity contribution in [1.82, 2.24) is 15.0 Å². The third kappa shape index (κ3) is 4.11. The van der Waals surface area contributed by atoms with Gasteiger partial charge in [-0.1, -0.05) is 23.2 Å². The summed E-state index contributed by atoms with van der Waals surface area (Å²) in [7, 11) is 0. The van der Waals surface area contributed by atoms with E-state index in [0.717, 1.165) is 10.6 Å². The van der Waals surface area contributed by atoms with Crippen molar-refractivity contribution in [3.63, 3.8) is 0 Å². The Morgan fingerprint density at radius 1 is 1.19 bits per heavy atom. The first-order chi connectivity index (χ1) is 9.95. The number of amides is 1. The van der Waals surface area contributed by atoms with Gasteiger partial charge in [0.1, 0.15) is 6.54 Å². The van der Waals surface area contributed by atoms with Gasteiger partial charge in [0.15, 0.2) is 0 Å². The highest BCUT2D eigenvalue weighted by atomic mass is 35.5. The molecule has 0 radical (unpaired) electrons. The van der Waals surface area contributed by atoms with Crippen LogP contribution in [0.25, 0.3) is 0 Å². The lowest BCUT2D eigenvalue weighted by Gasteiger charge is -2.10. The van der Waals surface area contributed by atoms with Crippen LogP contribution in [-0.4, -0.2) is 15.5 Å².